The topological polar surface area (TPSA) is 66.8 Å². The molecule has 1 N–H and O–H groups in total. The molecule has 0 aliphatic heterocycles. The lowest BCUT2D eigenvalue weighted by Crippen LogP contribution is -2.28. The number of carbonyl (C=O) groups is 2. The molecule has 116 valence electrons. The van der Waals surface area contributed by atoms with Gasteiger partial charge < -0.3 is 14.7 Å². The van der Waals surface area contributed by atoms with E-state index in [1.807, 2.05) is 12.1 Å². The van der Waals surface area contributed by atoms with Crippen molar-refractivity contribution >= 4 is 23.5 Å². The van der Waals surface area contributed by atoms with E-state index >= 15 is 0 Å². The summed E-state index contributed by atoms with van der Waals surface area (Å²) in [7, 11) is 1.68. The third-order valence-electron chi connectivity index (χ3n) is 2.94. The van der Waals surface area contributed by atoms with Gasteiger partial charge in [-0.3, -0.25) is 9.59 Å². The Bertz CT molecular complexity index is 478. The minimum Gasteiger partial charge on any atom is -0.492 e. The van der Waals surface area contributed by atoms with Crippen LogP contribution in [0.3, 0.4) is 0 Å². The van der Waals surface area contributed by atoms with Crippen molar-refractivity contribution in [1.82, 2.24) is 4.90 Å². The molecule has 21 heavy (non-hydrogen) atoms. The van der Waals surface area contributed by atoms with Crippen molar-refractivity contribution in [2.24, 2.45) is 0 Å². The molecule has 0 unspecified atom stereocenters. The Hall–Kier alpha value is -1.75. The second kappa shape index (κ2) is 9.23. The Balaban J connectivity index is 2.18. The second-order valence-corrected chi connectivity index (χ2v) is 5.10. The smallest absolute Gasteiger partial charge is 0.303 e. The number of halogens is 1. The molecule has 0 saturated heterocycles. The fraction of sp³-hybridized carbons (Fsp3) is 0.467. The lowest BCUT2D eigenvalue weighted by atomic mass is 10.2. The molecule has 0 spiro atoms. The number of carboxylic acids is 1. The van der Waals surface area contributed by atoms with E-state index in [-0.39, 0.29) is 12.3 Å². The van der Waals surface area contributed by atoms with E-state index in [0.29, 0.717) is 43.2 Å². The monoisotopic (exact) mass is 313 g/mol. The molecule has 1 aromatic carbocycles. The second-order valence-electron chi connectivity index (χ2n) is 4.70. The van der Waals surface area contributed by atoms with E-state index in [1.54, 1.807) is 24.1 Å². The summed E-state index contributed by atoms with van der Waals surface area (Å²) < 4.78 is 5.50. The summed E-state index contributed by atoms with van der Waals surface area (Å²) in [5.74, 6) is -0.242. The number of hydrogen-bond donors (Lipinski definition) is 1. The van der Waals surface area contributed by atoms with Crippen molar-refractivity contribution in [1.29, 1.82) is 0 Å². The number of benzene rings is 1. The number of hydrogen-bond acceptors (Lipinski definition) is 3. The molecule has 0 atom stereocenters. The van der Waals surface area contributed by atoms with E-state index < -0.39 is 5.97 Å². The van der Waals surface area contributed by atoms with Gasteiger partial charge in [-0.25, -0.2) is 0 Å². The molecule has 0 aliphatic rings. The molecule has 0 aromatic heterocycles. The maximum Gasteiger partial charge on any atom is 0.303 e. The zero-order valence-corrected chi connectivity index (χ0v) is 12.8. The molecule has 6 heteroatoms. The van der Waals surface area contributed by atoms with Crippen molar-refractivity contribution < 1.29 is 19.4 Å². The predicted octanol–water partition coefficient (Wildman–Crippen LogP) is 2.82. The lowest BCUT2D eigenvalue weighted by molar-refractivity contribution is -0.138. The number of carboxylic acid groups (broad SMARTS) is 1. The highest BCUT2D eigenvalue weighted by Crippen LogP contribution is 2.23. The summed E-state index contributed by atoms with van der Waals surface area (Å²) in [6.45, 7) is 0.870. The van der Waals surface area contributed by atoms with Crippen LogP contribution in [0.4, 0.5) is 0 Å². The lowest BCUT2D eigenvalue weighted by Gasteiger charge is -2.16. The standard InChI is InChI=1S/C15H20ClNO4/c1-17(10-4-9-15(19)20)14(18)8-5-11-21-13-7-3-2-6-12(13)16/h2-3,6-7H,4-5,8-11H2,1H3,(H,19,20). The summed E-state index contributed by atoms with van der Waals surface area (Å²) in [4.78, 5) is 23.7. The highest BCUT2D eigenvalue weighted by atomic mass is 35.5. The van der Waals surface area contributed by atoms with Gasteiger partial charge in [-0.1, -0.05) is 23.7 Å². The molecule has 0 saturated carbocycles. The molecular weight excluding hydrogens is 294 g/mol. The summed E-state index contributed by atoms with van der Waals surface area (Å²) in [5, 5.41) is 9.09. The van der Waals surface area contributed by atoms with Crippen molar-refractivity contribution in [2.75, 3.05) is 20.2 Å². The van der Waals surface area contributed by atoms with Crippen LogP contribution in [0.5, 0.6) is 5.75 Å². The molecule has 0 aliphatic carbocycles. The van der Waals surface area contributed by atoms with Gasteiger partial charge in [-0.15, -0.1) is 0 Å². The normalized spacial score (nSPS) is 10.2. The van der Waals surface area contributed by atoms with Gasteiger partial charge in [0.1, 0.15) is 5.75 Å². The maximum atomic E-state index is 11.8. The SMILES string of the molecule is CN(CCCC(=O)O)C(=O)CCCOc1ccccc1Cl. The molecule has 1 aromatic rings. The van der Waals surface area contributed by atoms with Crippen LogP contribution < -0.4 is 4.74 Å². The van der Waals surface area contributed by atoms with E-state index in [1.165, 1.54) is 0 Å². The van der Waals surface area contributed by atoms with E-state index in [2.05, 4.69) is 0 Å². The molecule has 0 fully saturated rings. The van der Waals surface area contributed by atoms with Crippen molar-refractivity contribution in [3.63, 3.8) is 0 Å². The quantitative estimate of drug-likeness (QED) is 0.712. The molecule has 1 rings (SSSR count). The molecule has 0 bridgehead atoms. The number of ether oxygens (including phenoxy) is 1. The Morgan fingerprint density at radius 2 is 1.95 bits per heavy atom. The molecule has 0 heterocycles. The summed E-state index contributed by atoms with van der Waals surface area (Å²) in [6.07, 6.45) is 1.50. The van der Waals surface area contributed by atoms with Gasteiger partial charge in [0.2, 0.25) is 5.91 Å². The summed E-state index contributed by atoms with van der Waals surface area (Å²) in [6, 6.07) is 7.19. The Kier molecular flexibility index (Phi) is 7.61. The largest absolute Gasteiger partial charge is 0.492 e. The van der Waals surface area contributed by atoms with Crippen LogP contribution in [0.2, 0.25) is 5.02 Å². The first kappa shape index (κ1) is 17.3. The maximum absolute atomic E-state index is 11.8. The fourth-order valence-electron chi connectivity index (χ4n) is 1.75. The van der Waals surface area contributed by atoms with Crippen LogP contribution in [-0.4, -0.2) is 42.1 Å². The van der Waals surface area contributed by atoms with Gasteiger partial charge in [-0.05, 0) is 25.0 Å². The Morgan fingerprint density at radius 1 is 1.24 bits per heavy atom. The highest BCUT2D eigenvalue weighted by Gasteiger charge is 2.09. The van der Waals surface area contributed by atoms with Crippen molar-refractivity contribution in [3.05, 3.63) is 29.3 Å². The Morgan fingerprint density at radius 3 is 2.62 bits per heavy atom. The van der Waals surface area contributed by atoms with Crippen molar-refractivity contribution in [2.45, 2.75) is 25.7 Å². The van der Waals surface area contributed by atoms with Crippen LogP contribution >= 0.6 is 11.6 Å². The minimum absolute atomic E-state index is 0.0110. The van der Waals surface area contributed by atoms with Gasteiger partial charge in [0.15, 0.2) is 0 Å². The predicted molar refractivity (Wildman–Crippen MR) is 80.7 cm³/mol. The average Bonchev–Trinajstić information content (AvgIpc) is 2.44. The first-order valence-corrected chi connectivity index (χ1v) is 7.21. The zero-order valence-electron chi connectivity index (χ0n) is 12.0. The van der Waals surface area contributed by atoms with E-state index in [0.717, 1.165) is 0 Å². The summed E-state index contributed by atoms with van der Waals surface area (Å²) >= 11 is 5.95. The van der Waals surface area contributed by atoms with Gasteiger partial charge in [0.05, 0.1) is 11.6 Å². The zero-order chi connectivity index (χ0) is 15.7. The number of para-hydroxylation sites is 1. The number of amides is 1. The number of aliphatic carboxylic acids is 1. The van der Waals surface area contributed by atoms with Crippen LogP contribution in [0.1, 0.15) is 25.7 Å². The number of carbonyl (C=O) groups excluding carboxylic acids is 1. The first-order chi connectivity index (χ1) is 10.0. The van der Waals surface area contributed by atoms with Crippen molar-refractivity contribution in [3.8, 4) is 5.75 Å². The van der Waals surface area contributed by atoms with E-state index in [9.17, 15) is 9.59 Å². The number of rotatable bonds is 9. The van der Waals surface area contributed by atoms with E-state index in [4.69, 9.17) is 21.4 Å². The van der Waals surface area contributed by atoms with Gasteiger partial charge in [-0.2, -0.15) is 0 Å². The Labute approximate surface area is 129 Å². The molecular formula is C15H20ClNO4. The van der Waals surface area contributed by atoms with Crippen LogP contribution in [0, 0.1) is 0 Å². The number of nitrogens with zero attached hydrogens (tertiary/aromatic N) is 1. The van der Waals surface area contributed by atoms with Crippen LogP contribution in [0.25, 0.3) is 0 Å². The first-order valence-electron chi connectivity index (χ1n) is 6.84. The third kappa shape index (κ3) is 6.99. The summed E-state index contributed by atoms with van der Waals surface area (Å²) in [5.41, 5.74) is 0. The van der Waals surface area contributed by atoms with Gasteiger partial charge in [0.25, 0.3) is 0 Å². The molecule has 0 radical (unpaired) electrons. The minimum atomic E-state index is -0.844. The average molecular weight is 314 g/mol. The van der Waals surface area contributed by atoms with Gasteiger partial charge in [0, 0.05) is 26.4 Å². The van der Waals surface area contributed by atoms with Gasteiger partial charge >= 0.3 is 5.97 Å². The highest BCUT2D eigenvalue weighted by molar-refractivity contribution is 6.32. The van der Waals surface area contributed by atoms with Crippen LogP contribution in [0.15, 0.2) is 24.3 Å². The van der Waals surface area contributed by atoms with Crippen LogP contribution in [-0.2, 0) is 9.59 Å². The fourth-order valence-corrected chi connectivity index (χ4v) is 1.94. The third-order valence-corrected chi connectivity index (χ3v) is 3.25. The molecule has 1 amide bonds. The molecule has 5 nitrogen and oxygen atoms in total.